The molecule has 6 N–H and O–H groups in total. The minimum Gasteiger partial charge on any atom is -0.495 e. The number of carbonyl (C=O) groups excluding carboxylic acids is 8. The summed E-state index contributed by atoms with van der Waals surface area (Å²) in [7, 11) is 2.74. The lowest BCUT2D eigenvalue weighted by Crippen LogP contribution is -2.63. The molecule has 1 saturated carbocycles. The first-order valence-corrected chi connectivity index (χ1v) is 30.9. The van der Waals surface area contributed by atoms with Crippen LogP contribution in [0.3, 0.4) is 0 Å². The molecular weight excluding hydrogens is 1190 g/mol. The van der Waals surface area contributed by atoms with Crippen molar-refractivity contribution in [3.8, 4) is 5.75 Å². The SMILES string of the molecule is CCNc1nc(Nc2cc(F)c(C(=O)N3CCN(C(=O)CCC[C@@H]4/C=C(\C)C[C@H](C=O)C[C@H](O)[C@H]5O[C@@](O)(C(=O)C(=O)N6CCCC[C@H]6C(=O)O[C@H](/C(C)=C/[C@@H]6CC[C@@H](O)[C@H](OC)C6)[C@H](C)[C@@H](O)CC4=O)[C@H](C)C[C@@H]5C=O)CC3)cc2OC)ncc1C(F)(F)F. The van der Waals surface area contributed by atoms with Crippen LogP contribution in [0.15, 0.2) is 41.6 Å². The molecule has 1 aliphatic carbocycles. The van der Waals surface area contributed by atoms with Gasteiger partial charge in [-0.2, -0.15) is 18.2 Å². The summed E-state index contributed by atoms with van der Waals surface area (Å²) in [5.41, 5.74) is -0.566. The van der Waals surface area contributed by atoms with Gasteiger partial charge in [0.1, 0.15) is 53.4 Å². The quantitative estimate of drug-likeness (QED) is 0.0411. The van der Waals surface area contributed by atoms with Gasteiger partial charge < -0.3 is 74.3 Å². The fourth-order valence-corrected chi connectivity index (χ4v) is 13.0. The third kappa shape index (κ3) is 16.8. The number of methoxy groups -OCH3 is 2. The van der Waals surface area contributed by atoms with Gasteiger partial charge in [0.25, 0.3) is 17.6 Å². The molecule has 1 aromatic carbocycles. The number of allylic oxidation sites excluding steroid dienone is 3. The first-order valence-electron chi connectivity index (χ1n) is 30.9. The highest BCUT2D eigenvalue weighted by molar-refractivity contribution is 6.39. The number of aliphatic hydroxyl groups is 4. The van der Waals surface area contributed by atoms with Gasteiger partial charge in [-0.25, -0.2) is 14.2 Å². The number of ketones is 2. The molecule has 23 nitrogen and oxygen atoms in total. The maximum Gasteiger partial charge on any atom is 0.421 e. The Kier molecular flexibility index (Phi) is 24.4. The lowest BCUT2D eigenvalue weighted by Gasteiger charge is -2.45. The van der Waals surface area contributed by atoms with Crippen molar-refractivity contribution in [2.24, 2.45) is 35.5 Å². The van der Waals surface area contributed by atoms with Gasteiger partial charge in [-0.05, 0) is 109 Å². The third-order valence-corrected chi connectivity index (χ3v) is 18.2. The van der Waals surface area contributed by atoms with E-state index in [0.29, 0.717) is 62.0 Å². The second-order valence-electron chi connectivity index (χ2n) is 24.6. The number of nitrogens with zero attached hydrogens (tertiary/aromatic N) is 5. The van der Waals surface area contributed by atoms with Crippen LogP contribution >= 0.6 is 0 Å². The number of halogens is 4. The average molecular weight is 1270 g/mol. The largest absolute Gasteiger partial charge is 0.495 e. The number of piperazine rings is 1. The molecule has 4 aliphatic heterocycles. The number of aldehydes is 2. The number of hydrogen-bond donors (Lipinski definition) is 6. The Balaban J connectivity index is 1.09. The number of ether oxygens (including phenoxy) is 4. The van der Waals surface area contributed by atoms with E-state index in [4.69, 9.17) is 18.9 Å². The molecule has 14 atom stereocenters. The maximum atomic E-state index is 15.8. The predicted molar refractivity (Wildman–Crippen MR) is 316 cm³/mol. The van der Waals surface area contributed by atoms with Gasteiger partial charge >= 0.3 is 12.1 Å². The minimum atomic E-state index is -4.75. The van der Waals surface area contributed by atoms with Gasteiger partial charge in [0, 0.05) is 101 Å². The van der Waals surface area contributed by atoms with Crippen molar-refractivity contribution in [2.45, 2.75) is 173 Å². The zero-order valence-corrected chi connectivity index (χ0v) is 51.9. The molecule has 90 heavy (non-hydrogen) atoms. The number of carbonyl (C=O) groups is 8. The van der Waals surface area contributed by atoms with Gasteiger partial charge in [-0.3, -0.25) is 24.0 Å². The van der Waals surface area contributed by atoms with Crippen LogP contribution in [-0.2, 0) is 53.9 Å². The number of anilines is 3. The van der Waals surface area contributed by atoms with E-state index in [1.54, 1.807) is 33.8 Å². The number of esters is 1. The van der Waals surface area contributed by atoms with Crippen LogP contribution in [0.1, 0.15) is 134 Å². The number of nitrogens with one attached hydrogen (secondary N) is 2. The van der Waals surface area contributed by atoms with E-state index >= 15 is 4.39 Å². The summed E-state index contributed by atoms with van der Waals surface area (Å²) in [6.45, 7) is 8.11. The topological polar surface area (TPSA) is 314 Å². The summed E-state index contributed by atoms with van der Waals surface area (Å²) in [6, 6.07) is 0.718. The van der Waals surface area contributed by atoms with E-state index in [-0.39, 0.29) is 119 Å². The molecule has 4 fully saturated rings. The summed E-state index contributed by atoms with van der Waals surface area (Å²) in [5.74, 6) is -15.1. The number of cyclic esters (lactones) is 1. The molecule has 1 aromatic heterocycles. The highest BCUT2D eigenvalue weighted by Gasteiger charge is 2.56. The van der Waals surface area contributed by atoms with E-state index in [2.05, 4.69) is 20.6 Å². The molecule has 0 unspecified atom stereocenters. The van der Waals surface area contributed by atoms with Gasteiger partial charge in [0.05, 0.1) is 48.9 Å². The second-order valence-corrected chi connectivity index (χ2v) is 24.6. The van der Waals surface area contributed by atoms with Crippen LogP contribution in [0, 0.1) is 41.3 Å². The summed E-state index contributed by atoms with van der Waals surface area (Å²) in [5, 5.41) is 51.6. The van der Waals surface area contributed by atoms with Crippen molar-refractivity contribution < 1.29 is 95.3 Å². The van der Waals surface area contributed by atoms with Crippen molar-refractivity contribution in [3.63, 3.8) is 0 Å². The highest BCUT2D eigenvalue weighted by Crippen LogP contribution is 2.41. The lowest BCUT2D eigenvalue weighted by molar-refractivity contribution is -0.286. The Labute approximate surface area is 520 Å². The van der Waals surface area contributed by atoms with E-state index in [1.807, 2.05) is 6.08 Å². The van der Waals surface area contributed by atoms with Gasteiger partial charge in [-0.1, -0.05) is 31.6 Å². The summed E-state index contributed by atoms with van der Waals surface area (Å²) < 4.78 is 79.7. The molecule has 0 radical (unpaired) electrons. The van der Waals surface area contributed by atoms with Gasteiger partial charge in [-0.15, -0.1) is 0 Å². The predicted octanol–water partition coefficient (Wildman–Crippen LogP) is 5.67. The smallest absolute Gasteiger partial charge is 0.421 e. The van der Waals surface area contributed by atoms with Crippen LogP contribution in [0.5, 0.6) is 5.75 Å². The Hall–Kier alpha value is -6.78. The average Bonchev–Trinajstić information content (AvgIpc) is 1.23. The zero-order chi connectivity index (χ0) is 65.9. The molecule has 0 spiro atoms. The Bertz CT molecular complexity index is 3000. The number of piperidine rings is 1. The fraction of sp³-hybridized carbons (Fsp3) is 0.651. The van der Waals surface area contributed by atoms with Crippen LogP contribution in [0.4, 0.5) is 35.0 Å². The number of aromatic nitrogens is 2. The first-order chi connectivity index (χ1) is 42.7. The normalized spacial score (nSPS) is 31.3. The molecule has 7 rings (SSSR count). The standard InChI is InChI=1S/C63H85F4N7O16/c1-8-68-57-43(63(65,66)67)31-69-61(71-57)70-45-29-44(64)42(28-51(45)87-6)58(83)73-20-18-72(19-21-73)53(81)14-11-12-40-23-34(2)22-39(32-75)26-50(80)55-41(33-76)25-36(4)62(86,90-55)56(82)59(84)74-17-10-9-13-46(74)60(85)89-54(37(5)48(78)30-49(40)79)35(3)24-38-15-16-47(77)52(27-38)88-7/h23-24,28-29,31-33,36-41,46-48,50,52,54-55,77-78,80,86H,8-22,25-27,30H2,1-7H3,(H2,68,69,70,71)/b34-23+,35-24+/t36-,37-,38+,39+,40-,41-,46+,47-,48+,50+,52-,54-,55+,62-/m1/s1. The van der Waals surface area contributed by atoms with Gasteiger partial charge in [0.15, 0.2) is 0 Å². The van der Waals surface area contributed by atoms with E-state index < -0.39 is 137 Å². The number of alkyl halides is 3. The molecule has 5 aliphatic rings. The van der Waals surface area contributed by atoms with Crippen molar-refractivity contribution in [3.05, 3.63) is 58.6 Å². The number of fused-ring (bicyclic) bond motifs is 3. The van der Waals surface area contributed by atoms with Crippen molar-refractivity contribution in [1.82, 2.24) is 24.7 Å². The Morgan fingerprint density at radius 3 is 2.27 bits per heavy atom. The molecule has 3 saturated heterocycles. The number of aliphatic hydroxyl groups excluding tert-OH is 3. The van der Waals surface area contributed by atoms with Gasteiger partial charge in [0.2, 0.25) is 17.6 Å². The number of amides is 3. The van der Waals surface area contributed by atoms with Crippen molar-refractivity contribution in [1.29, 1.82) is 0 Å². The molecular formula is C63H85F4N7O16. The number of rotatable bonds is 15. The van der Waals surface area contributed by atoms with Crippen LogP contribution in [0.2, 0.25) is 0 Å². The molecule has 5 heterocycles. The van der Waals surface area contributed by atoms with E-state index in [9.17, 15) is 72.0 Å². The van der Waals surface area contributed by atoms with Crippen LogP contribution in [-0.4, -0.2) is 195 Å². The summed E-state index contributed by atoms with van der Waals surface area (Å²) >= 11 is 0. The molecule has 496 valence electrons. The van der Waals surface area contributed by atoms with Crippen molar-refractivity contribution in [2.75, 3.05) is 64.1 Å². The number of hydrogen-bond acceptors (Lipinski definition) is 20. The minimum absolute atomic E-state index is 0.00485. The maximum absolute atomic E-state index is 15.8. The molecule has 2 bridgehead atoms. The Morgan fingerprint density at radius 1 is 0.900 bits per heavy atom. The second kappa shape index (κ2) is 31.0. The molecule has 2 aromatic rings. The fourth-order valence-electron chi connectivity index (χ4n) is 13.0. The number of Topliss-reactive ketones (excluding diaryl/α,β-unsaturated/α-hetero) is 2. The lowest BCUT2D eigenvalue weighted by atomic mass is 9.78. The van der Waals surface area contributed by atoms with Crippen LogP contribution < -0.4 is 15.4 Å². The summed E-state index contributed by atoms with van der Waals surface area (Å²) in [6.07, 6.45) is -5.25. The monoisotopic (exact) mass is 1270 g/mol. The first kappa shape index (κ1) is 70.7. The number of benzene rings is 1. The van der Waals surface area contributed by atoms with Crippen molar-refractivity contribution >= 4 is 65.3 Å². The van der Waals surface area contributed by atoms with E-state index in [0.717, 1.165) is 17.0 Å². The molecule has 3 amide bonds. The summed E-state index contributed by atoms with van der Waals surface area (Å²) in [4.78, 5) is 122. The van der Waals surface area contributed by atoms with Crippen LogP contribution in [0.25, 0.3) is 0 Å². The molecule has 27 heteroatoms. The third-order valence-electron chi connectivity index (χ3n) is 18.2. The zero-order valence-electron chi connectivity index (χ0n) is 51.9. The van der Waals surface area contributed by atoms with E-state index in [1.165, 1.54) is 30.9 Å². The Morgan fingerprint density at radius 2 is 1.61 bits per heavy atom. The highest BCUT2D eigenvalue weighted by atomic mass is 19.4.